The highest BCUT2D eigenvalue weighted by Crippen LogP contribution is 2.32. The van der Waals surface area contributed by atoms with E-state index in [9.17, 15) is 5.11 Å². The first-order valence-corrected chi connectivity index (χ1v) is 7.64. The minimum atomic E-state index is 0.129. The lowest BCUT2D eigenvalue weighted by atomic mass is 10.2. The van der Waals surface area contributed by atoms with Crippen LogP contribution >= 0.6 is 55.1 Å². The van der Waals surface area contributed by atoms with Gasteiger partial charge in [-0.3, -0.25) is 0 Å². The van der Waals surface area contributed by atoms with Crippen molar-refractivity contribution in [2.24, 2.45) is 5.16 Å². The van der Waals surface area contributed by atoms with Crippen LogP contribution in [0.25, 0.3) is 0 Å². The quantitative estimate of drug-likeness (QED) is 0.497. The maximum atomic E-state index is 9.60. The van der Waals surface area contributed by atoms with Crippen LogP contribution in [0.3, 0.4) is 0 Å². The van der Waals surface area contributed by atoms with Crippen LogP contribution in [0.2, 0.25) is 10.0 Å². The first-order valence-electron chi connectivity index (χ1n) is 5.30. The summed E-state index contributed by atoms with van der Waals surface area (Å²) >= 11 is 18.2. The lowest BCUT2D eigenvalue weighted by Crippen LogP contribution is -1.88. The second kappa shape index (κ2) is 6.80. The van der Waals surface area contributed by atoms with Gasteiger partial charge in [0.15, 0.2) is 5.75 Å². The van der Waals surface area contributed by atoms with E-state index in [4.69, 9.17) is 28.0 Å². The topological polar surface area (TPSA) is 41.8 Å². The molecule has 7 heteroatoms. The molecule has 0 saturated carbocycles. The molecular formula is C13H7Br2Cl2NO2. The molecule has 20 heavy (non-hydrogen) atoms. The first kappa shape index (κ1) is 15.6. The van der Waals surface area contributed by atoms with Crippen molar-refractivity contribution in [1.29, 1.82) is 0 Å². The van der Waals surface area contributed by atoms with Crippen molar-refractivity contribution in [2.75, 3.05) is 0 Å². The van der Waals surface area contributed by atoms with E-state index in [0.29, 0.717) is 24.7 Å². The lowest BCUT2D eigenvalue weighted by Gasteiger charge is -2.02. The molecule has 0 spiro atoms. The fourth-order valence-electron chi connectivity index (χ4n) is 1.39. The van der Waals surface area contributed by atoms with E-state index in [-0.39, 0.29) is 5.75 Å². The number of hydrogen-bond acceptors (Lipinski definition) is 3. The van der Waals surface area contributed by atoms with Crippen molar-refractivity contribution in [2.45, 2.75) is 0 Å². The van der Waals surface area contributed by atoms with Crippen molar-refractivity contribution in [3.63, 3.8) is 0 Å². The summed E-state index contributed by atoms with van der Waals surface area (Å²) in [6, 6.07) is 8.23. The van der Waals surface area contributed by atoms with Gasteiger partial charge < -0.3 is 9.94 Å². The zero-order valence-electron chi connectivity index (χ0n) is 9.78. The minimum absolute atomic E-state index is 0.129. The third-order valence-electron chi connectivity index (χ3n) is 2.24. The standard InChI is InChI=1S/C13H7Br2Cl2NO2/c14-11-1-7(2-12(15)13(11)19)6-18-20-10-4-8(16)3-9(17)5-10/h1-6,19H/b18-6+. The smallest absolute Gasteiger partial charge is 0.160 e. The highest BCUT2D eigenvalue weighted by Gasteiger charge is 2.04. The van der Waals surface area contributed by atoms with Gasteiger partial charge in [0.05, 0.1) is 15.2 Å². The van der Waals surface area contributed by atoms with Crippen LogP contribution in [0.4, 0.5) is 0 Å². The van der Waals surface area contributed by atoms with Gasteiger partial charge in [0, 0.05) is 22.2 Å². The molecular weight excluding hydrogens is 433 g/mol. The van der Waals surface area contributed by atoms with E-state index in [1.165, 1.54) is 6.21 Å². The van der Waals surface area contributed by atoms with Crippen LogP contribution in [-0.2, 0) is 0 Å². The second-order valence-electron chi connectivity index (χ2n) is 3.76. The predicted molar refractivity (Wildman–Crippen MR) is 88.2 cm³/mol. The SMILES string of the molecule is Oc1c(Br)cc(/C=N/Oc2cc(Cl)cc(Cl)c2)cc1Br. The average Bonchev–Trinajstić information content (AvgIpc) is 2.34. The summed E-state index contributed by atoms with van der Waals surface area (Å²) in [6.07, 6.45) is 1.50. The minimum Gasteiger partial charge on any atom is -0.506 e. The average molecular weight is 440 g/mol. The van der Waals surface area contributed by atoms with Crippen LogP contribution in [-0.4, -0.2) is 11.3 Å². The van der Waals surface area contributed by atoms with Crippen LogP contribution in [0.5, 0.6) is 11.5 Å². The Hall–Kier alpha value is -0.750. The Kier molecular flexibility index (Phi) is 5.32. The molecule has 104 valence electrons. The number of oxime groups is 1. The van der Waals surface area contributed by atoms with Crippen molar-refractivity contribution in [1.82, 2.24) is 0 Å². The molecule has 2 rings (SSSR count). The van der Waals surface area contributed by atoms with E-state index >= 15 is 0 Å². The fourth-order valence-corrected chi connectivity index (χ4v) is 3.12. The zero-order chi connectivity index (χ0) is 14.7. The Labute approximate surface area is 142 Å². The maximum absolute atomic E-state index is 9.60. The number of rotatable bonds is 3. The first-order chi connectivity index (χ1) is 9.45. The van der Waals surface area contributed by atoms with Crippen molar-refractivity contribution < 1.29 is 9.94 Å². The molecule has 0 aromatic heterocycles. The third-order valence-corrected chi connectivity index (χ3v) is 3.88. The number of halogens is 4. The van der Waals surface area contributed by atoms with Crippen LogP contribution in [0.1, 0.15) is 5.56 Å². The van der Waals surface area contributed by atoms with Gasteiger partial charge in [0.2, 0.25) is 0 Å². The Morgan fingerprint density at radius 1 is 1.00 bits per heavy atom. The summed E-state index contributed by atoms with van der Waals surface area (Å²) in [7, 11) is 0. The highest BCUT2D eigenvalue weighted by atomic mass is 79.9. The molecule has 2 aromatic rings. The summed E-state index contributed by atoms with van der Waals surface area (Å²) < 4.78 is 1.11. The summed E-state index contributed by atoms with van der Waals surface area (Å²) in [6.45, 7) is 0. The van der Waals surface area contributed by atoms with Gasteiger partial charge in [-0.05, 0) is 55.6 Å². The van der Waals surface area contributed by atoms with Gasteiger partial charge in [-0.1, -0.05) is 28.4 Å². The summed E-state index contributed by atoms with van der Waals surface area (Å²) in [4.78, 5) is 5.19. The number of nitrogens with zero attached hydrogens (tertiary/aromatic N) is 1. The van der Waals surface area contributed by atoms with Gasteiger partial charge in [0.25, 0.3) is 0 Å². The van der Waals surface area contributed by atoms with E-state index in [1.54, 1.807) is 30.3 Å². The summed E-state index contributed by atoms with van der Waals surface area (Å²) in [5, 5.41) is 14.4. The normalized spacial score (nSPS) is 11.0. The molecule has 0 atom stereocenters. The molecule has 0 radical (unpaired) electrons. The van der Waals surface area contributed by atoms with Gasteiger partial charge in [-0.25, -0.2) is 0 Å². The van der Waals surface area contributed by atoms with E-state index < -0.39 is 0 Å². The van der Waals surface area contributed by atoms with Crippen molar-refractivity contribution >= 4 is 61.3 Å². The molecule has 0 aliphatic rings. The Morgan fingerprint density at radius 3 is 2.10 bits per heavy atom. The number of hydrogen-bond donors (Lipinski definition) is 1. The molecule has 2 aromatic carbocycles. The number of benzene rings is 2. The van der Waals surface area contributed by atoms with E-state index in [1.807, 2.05) is 0 Å². The zero-order valence-corrected chi connectivity index (χ0v) is 14.5. The van der Waals surface area contributed by atoms with Gasteiger partial charge in [0.1, 0.15) is 5.75 Å². The second-order valence-corrected chi connectivity index (χ2v) is 6.35. The molecule has 0 fully saturated rings. The molecule has 3 nitrogen and oxygen atoms in total. The molecule has 0 bridgehead atoms. The molecule has 0 aliphatic heterocycles. The molecule has 0 unspecified atom stereocenters. The molecule has 0 heterocycles. The van der Waals surface area contributed by atoms with Crippen molar-refractivity contribution in [3.05, 3.63) is 54.9 Å². The predicted octanol–water partition coefficient (Wildman–Crippen LogP) is 5.64. The third kappa shape index (κ3) is 4.12. The largest absolute Gasteiger partial charge is 0.506 e. The van der Waals surface area contributed by atoms with Gasteiger partial charge in [-0.2, -0.15) is 0 Å². The van der Waals surface area contributed by atoms with Crippen LogP contribution in [0, 0.1) is 0 Å². The lowest BCUT2D eigenvalue weighted by molar-refractivity contribution is 0.344. The van der Waals surface area contributed by atoms with Crippen LogP contribution < -0.4 is 4.84 Å². The Morgan fingerprint density at radius 2 is 1.55 bits per heavy atom. The van der Waals surface area contributed by atoms with Gasteiger partial charge in [-0.15, -0.1) is 0 Å². The molecule has 1 N–H and O–H groups in total. The number of phenols is 1. The van der Waals surface area contributed by atoms with Crippen LogP contribution in [0.15, 0.2) is 44.4 Å². The molecule has 0 amide bonds. The monoisotopic (exact) mass is 437 g/mol. The Balaban J connectivity index is 2.14. The number of aromatic hydroxyl groups is 1. The highest BCUT2D eigenvalue weighted by molar-refractivity contribution is 9.11. The molecule has 0 aliphatic carbocycles. The Bertz CT molecular complexity index is 634. The summed E-state index contributed by atoms with van der Waals surface area (Å²) in [5.74, 6) is 0.570. The number of phenolic OH excluding ortho intramolecular Hbond substituents is 1. The summed E-state index contributed by atoms with van der Waals surface area (Å²) in [5.41, 5.74) is 0.745. The molecule has 0 saturated heterocycles. The van der Waals surface area contributed by atoms with Crippen molar-refractivity contribution in [3.8, 4) is 11.5 Å². The fraction of sp³-hybridized carbons (Fsp3) is 0. The maximum Gasteiger partial charge on any atom is 0.160 e. The van der Waals surface area contributed by atoms with Gasteiger partial charge >= 0.3 is 0 Å². The van der Waals surface area contributed by atoms with E-state index in [0.717, 1.165) is 5.56 Å². The van der Waals surface area contributed by atoms with E-state index in [2.05, 4.69) is 37.0 Å².